The lowest BCUT2D eigenvalue weighted by molar-refractivity contribution is -0.130. The van der Waals surface area contributed by atoms with Crippen molar-refractivity contribution in [3.05, 3.63) is 51.5 Å². The lowest BCUT2D eigenvalue weighted by Crippen LogP contribution is -2.53. The summed E-state index contributed by atoms with van der Waals surface area (Å²) >= 11 is 3.46. The van der Waals surface area contributed by atoms with Gasteiger partial charge in [-0.3, -0.25) is 19.8 Å². The van der Waals surface area contributed by atoms with E-state index in [1.54, 1.807) is 30.3 Å². The van der Waals surface area contributed by atoms with Crippen LogP contribution in [0.2, 0.25) is 0 Å². The average Bonchev–Trinajstić information content (AvgIpc) is 2.87. The molecule has 2 aromatic rings. The number of methoxy groups -OCH3 is 1. The van der Waals surface area contributed by atoms with Gasteiger partial charge in [-0.05, 0) is 77.2 Å². The van der Waals surface area contributed by atoms with Crippen LogP contribution in [0.25, 0.3) is 6.08 Å². The molecule has 1 N–H and O–H groups in total. The lowest BCUT2D eigenvalue weighted by atomic mass is 10.1. The highest BCUT2D eigenvalue weighted by atomic mass is 79.9. The minimum absolute atomic E-state index is 0.0553. The molecule has 1 heterocycles. The van der Waals surface area contributed by atoms with E-state index in [2.05, 4.69) is 21.2 Å². The number of barbiturate groups is 1. The zero-order chi connectivity index (χ0) is 26.9. The standard InChI is InChI=1S/C27H31BrN2O7/c1-5-10-36-21-9-8-17(14-22(21)35-7-3)16-30-26(32)19(25(31)29-27(30)33)12-18-13-20(28)24(37-11-6-2)23(15-18)34-4/h8-9,12-15H,5-7,10-11,16H2,1-4H3,(H,29,31,33)/b19-12+. The molecule has 0 radical (unpaired) electrons. The van der Waals surface area contributed by atoms with E-state index in [-0.39, 0.29) is 12.1 Å². The summed E-state index contributed by atoms with van der Waals surface area (Å²) in [7, 11) is 1.51. The van der Waals surface area contributed by atoms with Gasteiger partial charge in [-0.1, -0.05) is 19.9 Å². The number of hydrogen-bond donors (Lipinski definition) is 1. The Hall–Kier alpha value is -3.53. The van der Waals surface area contributed by atoms with E-state index in [1.807, 2.05) is 20.8 Å². The fourth-order valence-corrected chi connectivity index (χ4v) is 4.18. The number of carbonyl (C=O) groups is 3. The Morgan fingerprint density at radius 1 is 0.919 bits per heavy atom. The number of nitrogens with one attached hydrogen (secondary N) is 1. The second kappa shape index (κ2) is 13.1. The first-order chi connectivity index (χ1) is 17.8. The van der Waals surface area contributed by atoms with Crippen LogP contribution in [-0.2, 0) is 16.1 Å². The minimum Gasteiger partial charge on any atom is -0.493 e. The van der Waals surface area contributed by atoms with Gasteiger partial charge in [0.05, 0.1) is 37.9 Å². The van der Waals surface area contributed by atoms with Gasteiger partial charge in [0.15, 0.2) is 23.0 Å². The zero-order valence-electron chi connectivity index (χ0n) is 21.4. The first-order valence-corrected chi connectivity index (χ1v) is 12.9. The van der Waals surface area contributed by atoms with Crippen LogP contribution in [0.5, 0.6) is 23.0 Å². The van der Waals surface area contributed by atoms with Gasteiger partial charge < -0.3 is 18.9 Å². The summed E-state index contributed by atoms with van der Waals surface area (Å²) in [6, 6.07) is 7.81. The molecule has 0 bridgehead atoms. The number of amides is 4. The van der Waals surface area contributed by atoms with Crippen LogP contribution in [0, 0.1) is 0 Å². The largest absolute Gasteiger partial charge is 0.493 e. The second-order valence-corrected chi connectivity index (χ2v) is 9.01. The number of urea groups is 1. The Bertz CT molecular complexity index is 1200. The van der Waals surface area contributed by atoms with Crippen LogP contribution in [0.3, 0.4) is 0 Å². The normalized spacial score (nSPS) is 14.6. The van der Waals surface area contributed by atoms with E-state index in [1.165, 1.54) is 13.2 Å². The van der Waals surface area contributed by atoms with E-state index >= 15 is 0 Å². The molecule has 0 unspecified atom stereocenters. The molecule has 9 nitrogen and oxygen atoms in total. The van der Waals surface area contributed by atoms with Gasteiger partial charge in [-0.2, -0.15) is 0 Å². The number of hydrogen-bond acceptors (Lipinski definition) is 7. The molecule has 0 spiro atoms. The van der Waals surface area contributed by atoms with Crippen LogP contribution in [0.4, 0.5) is 4.79 Å². The average molecular weight is 575 g/mol. The van der Waals surface area contributed by atoms with Crippen molar-refractivity contribution in [3.8, 4) is 23.0 Å². The van der Waals surface area contributed by atoms with Gasteiger partial charge in [-0.25, -0.2) is 4.79 Å². The highest BCUT2D eigenvalue weighted by molar-refractivity contribution is 9.10. The minimum atomic E-state index is -0.793. The molecule has 198 valence electrons. The van der Waals surface area contributed by atoms with Crippen molar-refractivity contribution in [2.75, 3.05) is 26.9 Å². The van der Waals surface area contributed by atoms with Crippen LogP contribution >= 0.6 is 15.9 Å². The molecule has 0 aliphatic carbocycles. The quantitative estimate of drug-likeness (QED) is 0.278. The summed E-state index contributed by atoms with van der Waals surface area (Å²) in [6.07, 6.45) is 3.08. The Kier molecular flexibility index (Phi) is 9.96. The molecule has 1 fully saturated rings. The monoisotopic (exact) mass is 574 g/mol. The summed E-state index contributed by atoms with van der Waals surface area (Å²) < 4.78 is 23.2. The molecule has 37 heavy (non-hydrogen) atoms. The molecule has 3 rings (SSSR count). The maximum Gasteiger partial charge on any atom is 0.331 e. The van der Waals surface area contributed by atoms with E-state index < -0.39 is 17.8 Å². The molecular weight excluding hydrogens is 544 g/mol. The topological polar surface area (TPSA) is 103 Å². The second-order valence-electron chi connectivity index (χ2n) is 8.15. The maximum atomic E-state index is 13.3. The number of ether oxygens (including phenoxy) is 4. The van der Waals surface area contributed by atoms with Gasteiger partial charge in [-0.15, -0.1) is 0 Å². The fourth-order valence-electron chi connectivity index (χ4n) is 3.60. The Labute approximate surface area is 224 Å². The van der Waals surface area contributed by atoms with Gasteiger partial charge in [0.2, 0.25) is 0 Å². The summed E-state index contributed by atoms with van der Waals surface area (Å²) in [6.45, 7) is 7.27. The van der Waals surface area contributed by atoms with E-state index in [0.717, 1.165) is 17.7 Å². The van der Waals surface area contributed by atoms with Crippen LogP contribution in [0.15, 0.2) is 40.4 Å². The van der Waals surface area contributed by atoms with E-state index in [9.17, 15) is 14.4 Å². The lowest BCUT2D eigenvalue weighted by Gasteiger charge is -2.26. The predicted molar refractivity (Wildman–Crippen MR) is 142 cm³/mol. The number of carbonyl (C=O) groups excluding carboxylic acids is 3. The van der Waals surface area contributed by atoms with Crippen molar-refractivity contribution in [3.63, 3.8) is 0 Å². The Morgan fingerprint density at radius 3 is 2.32 bits per heavy atom. The molecule has 0 saturated carbocycles. The van der Waals surface area contributed by atoms with Crippen molar-refractivity contribution in [2.45, 2.75) is 40.2 Å². The first-order valence-electron chi connectivity index (χ1n) is 12.1. The van der Waals surface area contributed by atoms with Crippen LogP contribution < -0.4 is 24.3 Å². The van der Waals surface area contributed by atoms with Crippen molar-refractivity contribution in [1.82, 2.24) is 10.2 Å². The molecule has 2 aromatic carbocycles. The summed E-state index contributed by atoms with van der Waals surface area (Å²) in [5, 5.41) is 2.25. The third kappa shape index (κ3) is 6.82. The van der Waals surface area contributed by atoms with Crippen LogP contribution in [0.1, 0.15) is 44.7 Å². The fraction of sp³-hybridized carbons (Fsp3) is 0.370. The summed E-state index contributed by atoms with van der Waals surface area (Å²) in [4.78, 5) is 39.4. The zero-order valence-corrected chi connectivity index (χ0v) is 23.0. The van der Waals surface area contributed by atoms with Gasteiger partial charge in [0.25, 0.3) is 11.8 Å². The van der Waals surface area contributed by atoms with Crippen molar-refractivity contribution < 1.29 is 33.3 Å². The third-order valence-corrected chi connectivity index (χ3v) is 5.90. The molecular formula is C27H31BrN2O7. The smallest absolute Gasteiger partial charge is 0.331 e. The molecule has 1 saturated heterocycles. The number of benzene rings is 2. The highest BCUT2D eigenvalue weighted by Gasteiger charge is 2.36. The third-order valence-electron chi connectivity index (χ3n) is 5.31. The molecule has 0 aromatic heterocycles. The number of imide groups is 2. The summed E-state index contributed by atoms with van der Waals surface area (Å²) in [5.41, 5.74) is 0.992. The predicted octanol–water partition coefficient (Wildman–Crippen LogP) is 5.10. The SMILES string of the molecule is CCCOc1ccc(CN2C(=O)NC(=O)/C(=C\c3cc(Br)c(OCCC)c(OC)c3)C2=O)cc1OCC. The van der Waals surface area contributed by atoms with Gasteiger partial charge in [0.1, 0.15) is 5.57 Å². The molecule has 10 heteroatoms. The Morgan fingerprint density at radius 2 is 1.65 bits per heavy atom. The number of rotatable bonds is 12. The van der Waals surface area contributed by atoms with E-state index in [0.29, 0.717) is 58.4 Å². The van der Waals surface area contributed by atoms with Crippen molar-refractivity contribution in [1.29, 1.82) is 0 Å². The number of halogens is 1. The molecule has 4 amide bonds. The molecule has 0 atom stereocenters. The first kappa shape index (κ1) is 28.0. The molecule has 1 aliphatic heterocycles. The van der Waals surface area contributed by atoms with Gasteiger partial charge in [0, 0.05) is 0 Å². The Balaban J connectivity index is 1.89. The molecule has 1 aliphatic rings. The summed E-state index contributed by atoms with van der Waals surface area (Å²) in [5.74, 6) is 0.598. The van der Waals surface area contributed by atoms with Crippen molar-refractivity contribution in [2.24, 2.45) is 0 Å². The van der Waals surface area contributed by atoms with Crippen LogP contribution in [-0.4, -0.2) is 49.7 Å². The number of nitrogens with zero attached hydrogens (tertiary/aromatic N) is 1. The highest BCUT2D eigenvalue weighted by Crippen LogP contribution is 2.37. The van der Waals surface area contributed by atoms with Gasteiger partial charge >= 0.3 is 6.03 Å². The van der Waals surface area contributed by atoms with E-state index in [4.69, 9.17) is 18.9 Å². The maximum absolute atomic E-state index is 13.3. The van der Waals surface area contributed by atoms with Crippen molar-refractivity contribution >= 4 is 39.9 Å².